The lowest BCUT2D eigenvalue weighted by molar-refractivity contribution is 0.0950. The van der Waals surface area contributed by atoms with E-state index < -0.39 is 0 Å². The maximum atomic E-state index is 13.2. The van der Waals surface area contributed by atoms with Gasteiger partial charge in [0.05, 0.1) is 0 Å². The Balaban J connectivity index is 0.00000200. The molecular weight excluding hydrogens is 279 g/mol. The fraction of sp³-hybridized carbons (Fsp3) is 0.533. The molecule has 1 aromatic rings. The van der Waals surface area contributed by atoms with Crippen molar-refractivity contribution in [1.29, 1.82) is 0 Å². The van der Waals surface area contributed by atoms with Crippen LogP contribution < -0.4 is 10.6 Å². The molecule has 112 valence electrons. The van der Waals surface area contributed by atoms with Gasteiger partial charge in [0.15, 0.2) is 0 Å². The molecule has 0 saturated carbocycles. The van der Waals surface area contributed by atoms with Gasteiger partial charge >= 0.3 is 0 Å². The van der Waals surface area contributed by atoms with Crippen molar-refractivity contribution in [3.8, 4) is 0 Å². The highest BCUT2D eigenvalue weighted by Crippen LogP contribution is 2.13. The number of piperidine rings is 1. The molecule has 20 heavy (non-hydrogen) atoms. The molecule has 0 bridgehead atoms. The minimum absolute atomic E-state index is 0. The minimum Gasteiger partial charge on any atom is -0.352 e. The topological polar surface area (TPSA) is 41.1 Å². The number of carbonyl (C=O) groups excluding carboxylic acids is 1. The molecule has 1 aromatic carbocycles. The van der Waals surface area contributed by atoms with Gasteiger partial charge in [-0.1, -0.05) is 0 Å². The van der Waals surface area contributed by atoms with E-state index in [1.165, 1.54) is 25.0 Å². The molecule has 3 nitrogen and oxygen atoms in total. The number of carbonyl (C=O) groups is 1. The van der Waals surface area contributed by atoms with E-state index in [0.717, 1.165) is 25.1 Å². The second-order valence-electron chi connectivity index (χ2n) is 5.27. The van der Waals surface area contributed by atoms with Crippen LogP contribution in [0.5, 0.6) is 0 Å². The first kappa shape index (κ1) is 16.9. The van der Waals surface area contributed by atoms with E-state index in [1.54, 1.807) is 13.0 Å². The zero-order valence-corrected chi connectivity index (χ0v) is 12.6. The molecule has 2 rings (SSSR count). The van der Waals surface area contributed by atoms with Gasteiger partial charge in [-0.15, -0.1) is 12.4 Å². The fourth-order valence-electron chi connectivity index (χ4n) is 2.53. The first-order chi connectivity index (χ1) is 9.15. The summed E-state index contributed by atoms with van der Waals surface area (Å²) in [5.74, 6) is 0.0938. The standard InChI is InChI=1S/C15H21FN2O.ClH/c1-11-7-13(9-14(16)8-11)15(19)18-6-4-12-3-2-5-17-10-12;/h7-9,12,17H,2-6,10H2,1H3,(H,18,19);1H. The van der Waals surface area contributed by atoms with Crippen molar-refractivity contribution >= 4 is 18.3 Å². The second kappa shape index (κ2) is 8.22. The van der Waals surface area contributed by atoms with Crippen LogP contribution in [0.1, 0.15) is 35.2 Å². The Bertz CT molecular complexity index is 427. The molecule has 0 aromatic heterocycles. The number of aryl methyl sites for hydroxylation is 1. The Labute approximate surface area is 125 Å². The largest absolute Gasteiger partial charge is 0.352 e. The molecule has 0 spiro atoms. The van der Waals surface area contributed by atoms with Gasteiger partial charge in [0, 0.05) is 12.1 Å². The number of hydrogen-bond donors (Lipinski definition) is 2. The van der Waals surface area contributed by atoms with Crippen LogP contribution in [0.2, 0.25) is 0 Å². The molecule has 2 N–H and O–H groups in total. The van der Waals surface area contributed by atoms with Crippen molar-refractivity contribution in [3.05, 3.63) is 35.1 Å². The predicted molar refractivity (Wildman–Crippen MR) is 80.9 cm³/mol. The van der Waals surface area contributed by atoms with Crippen LogP contribution in [0, 0.1) is 18.7 Å². The molecule has 1 heterocycles. The Kier molecular flexibility index (Phi) is 6.96. The summed E-state index contributed by atoms with van der Waals surface area (Å²) in [6.45, 7) is 4.58. The van der Waals surface area contributed by atoms with Crippen LogP contribution in [0.15, 0.2) is 18.2 Å². The first-order valence-electron chi connectivity index (χ1n) is 6.91. The first-order valence-corrected chi connectivity index (χ1v) is 6.91. The van der Waals surface area contributed by atoms with Gasteiger partial charge in [-0.25, -0.2) is 4.39 Å². The Hall–Kier alpha value is -1.13. The van der Waals surface area contributed by atoms with Crippen molar-refractivity contribution < 1.29 is 9.18 Å². The Morgan fingerprint density at radius 3 is 2.90 bits per heavy atom. The zero-order valence-electron chi connectivity index (χ0n) is 11.7. The monoisotopic (exact) mass is 300 g/mol. The Morgan fingerprint density at radius 1 is 1.45 bits per heavy atom. The molecule has 1 aliphatic rings. The summed E-state index contributed by atoms with van der Waals surface area (Å²) in [7, 11) is 0. The van der Waals surface area contributed by atoms with E-state index in [2.05, 4.69) is 10.6 Å². The van der Waals surface area contributed by atoms with Crippen molar-refractivity contribution in [3.63, 3.8) is 0 Å². The maximum Gasteiger partial charge on any atom is 0.251 e. The average molecular weight is 301 g/mol. The highest BCUT2D eigenvalue weighted by molar-refractivity contribution is 5.94. The van der Waals surface area contributed by atoms with Crippen molar-refractivity contribution in [2.24, 2.45) is 5.92 Å². The number of benzene rings is 1. The molecule has 1 amide bonds. The van der Waals surface area contributed by atoms with E-state index in [4.69, 9.17) is 0 Å². The molecule has 1 unspecified atom stereocenters. The minimum atomic E-state index is -0.360. The number of hydrogen-bond acceptors (Lipinski definition) is 2. The number of rotatable bonds is 4. The van der Waals surface area contributed by atoms with Crippen LogP contribution in [0.25, 0.3) is 0 Å². The molecule has 1 fully saturated rings. The maximum absolute atomic E-state index is 13.2. The van der Waals surface area contributed by atoms with Gasteiger partial charge in [-0.3, -0.25) is 4.79 Å². The summed E-state index contributed by atoms with van der Waals surface area (Å²) in [5, 5.41) is 6.22. The second-order valence-corrected chi connectivity index (χ2v) is 5.27. The number of amides is 1. The highest BCUT2D eigenvalue weighted by atomic mass is 35.5. The average Bonchev–Trinajstić information content (AvgIpc) is 2.38. The third-order valence-electron chi connectivity index (χ3n) is 3.54. The van der Waals surface area contributed by atoms with Gasteiger partial charge in [-0.2, -0.15) is 0 Å². The smallest absolute Gasteiger partial charge is 0.251 e. The lowest BCUT2D eigenvalue weighted by Gasteiger charge is -2.22. The summed E-state index contributed by atoms with van der Waals surface area (Å²) >= 11 is 0. The van der Waals surface area contributed by atoms with Crippen LogP contribution in [-0.4, -0.2) is 25.5 Å². The van der Waals surface area contributed by atoms with Crippen LogP contribution in [0.3, 0.4) is 0 Å². The van der Waals surface area contributed by atoms with Gasteiger partial charge in [0.1, 0.15) is 5.82 Å². The molecule has 0 aliphatic carbocycles. The molecule has 1 saturated heterocycles. The molecule has 1 atom stereocenters. The molecule has 1 aliphatic heterocycles. The van der Waals surface area contributed by atoms with E-state index in [9.17, 15) is 9.18 Å². The normalized spacial score (nSPS) is 18.2. The third kappa shape index (κ3) is 5.10. The van der Waals surface area contributed by atoms with E-state index in [1.807, 2.05) is 0 Å². The van der Waals surface area contributed by atoms with Crippen LogP contribution in [-0.2, 0) is 0 Å². The molecule has 5 heteroatoms. The zero-order chi connectivity index (χ0) is 13.7. The summed E-state index contributed by atoms with van der Waals surface area (Å²) in [6.07, 6.45) is 3.41. The summed E-state index contributed by atoms with van der Waals surface area (Å²) < 4.78 is 13.2. The fourth-order valence-corrected chi connectivity index (χ4v) is 2.53. The quantitative estimate of drug-likeness (QED) is 0.897. The van der Waals surface area contributed by atoms with Gasteiger partial charge < -0.3 is 10.6 Å². The van der Waals surface area contributed by atoms with Gasteiger partial charge in [0.25, 0.3) is 5.91 Å². The van der Waals surface area contributed by atoms with Crippen molar-refractivity contribution in [2.75, 3.05) is 19.6 Å². The van der Waals surface area contributed by atoms with Gasteiger partial charge in [-0.05, 0) is 69.0 Å². The SMILES string of the molecule is Cc1cc(F)cc(C(=O)NCCC2CCCNC2)c1.Cl. The Morgan fingerprint density at radius 2 is 2.25 bits per heavy atom. The van der Waals surface area contributed by atoms with Crippen molar-refractivity contribution in [1.82, 2.24) is 10.6 Å². The lowest BCUT2D eigenvalue weighted by atomic mass is 9.96. The number of halogens is 2. The van der Waals surface area contributed by atoms with Crippen LogP contribution >= 0.6 is 12.4 Å². The molecule has 0 radical (unpaired) electrons. The number of nitrogens with one attached hydrogen (secondary N) is 2. The summed E-state index contributed by atoms with van der Waals surface area (Å²) in [5.41, 5.74) is 1.17. The highest BCUT2D eigenvalue weighted by Gasteiger charge is 2.13. The van der Waals surface area contributed by atoms with E-state index in [-0.39, 0.29) is 24.1 Å². The van der Waals surface area contributed by atoms with E-state index >= 15 is 0 Å². The predicted octanol–water partition coefficient (Wildman–Crippen LogP) is 2.68. The van der Waals surface area contributed by atoms with Crippen molar-refractivity contribution in [2.45, 2.75) is 26.2 Å². The third-order valence-corrected chi connectivity index (χ3v) is 3.54. The summed E-state index contributed by atoms with van der Waals surface area (Å²) in [4.78, 5) is 11.9. The lowest BCUT2D eigenvalue weighted by Crippen LogP contribution is -2.33. The molecular formula is C15H22ClFN2O. The van der Waals surface area contributed by atoms with Gasteiger partial charge in [0.2, 0.25) is 0 Å². The van der Waals surface area contributed by atoms with Crippen LogP contribution in [0.4, 0.5) is 4.39 Å². The van der Waals surface area contributed by atoms with E-state index in [0.29, 0.717) is 18.0 Å². The summed E-state index contributed by atoms with van der Waals surface area (Å²) in [6, 6.07) is 4.41.